The van der Waals surface area contributed by atoms with Crippen LogP contribution in [-0.2, 0) is 12.0 Å². The minimum atomic E-state index is -0.541. The number of ether oxygens (including phenoxy) is 2. The van der Waals surface area contributed by atoms with Gasteiger partial charge in [0.2, 0.25) is 0 Å². The van der Waals surface area contributed by atoms with Gasteiger partial charge in [-0.15, -0.1) is 0 Å². The van der Waals surface area contributed by atoms with Gasteiger partial charge in [0, 0.05) is 23.5 Å². The summed E-state index contributed by atoms with van der Waals surface area (Å²) in [6, 6.07) is 5.80. The van der Waals surface area contributed by atoms with Crippen molar-refractivity contribution in [1.82, 2.24) is 9.97 Å². The number of benzene rings is 1. The largest absolute Gasteiger partial charge is 0.493 e. The minimum Gasteiger partial charge on any atom is -0.493 e. The van der Waals surface area contributed by atoms with Crippen LogP contribution >= 0.6 is 0 Å². The van der Waals surface area contributed by atoms with E-state index in [9.17, 15) is 0 Å². The van der Waals surface area contributed by atoms with Crippen molar-refractivity contribution in [2.45, 2.75) is 18.9 Å². The van der Waals surface area contributed by atoms with E-state index in [1.54, 1.807) is 26.6 Å². The molecule has 0 saturated heterocycles. The van der Waals surface area contributed by atoms with Crippen molar-refractivity contribution >= 4 is 0 Å². The van der Waals surface area contributed by atoms with Gasteiger partial charge in [-0.05, 0) is 31.0 Å². The first-order valence-electron chi connectivity index (χ1n) is 6.32. The molecule has 1 atom stereocenters. The lowest BCUT2D eigenvalue weighted by Crippen LogP contribution is -2.35. The molecule has 106 valence electrons. The smallest absolute Gasteiger partial charge is 0.160 e. The first kappa shape index (κ1) is 14.3. The SMILES string of the molecule is COc1ccc(CC(C)(N)c2cncnc2)cc1OC. The second kappa shape index (κ2) is 5.88. The van der Waals surface area contributed by atoms with Gasteiger partial charge in [0.15, 0.2) is 11.5 Å². The highest BCUT2D eigenvalue weighted by molar-refractivity contribution is 5.43. The van der Waals surface area contributed by atoms with Gasteiger partial charge in [0.1, 0.15) is 6.33 Å². The fraction of sp³-hybridized carbons (Fsp3) is 0.333. The van der Waals surface area contributed by atoms with E-state index in [0.717, 1.165) is 11.1 Å². The summed E-state index contributed by atoms with van der Waals surface area (Å²) in [6.45, 7) is 1.96. The van der Waals surface area contributed by atoms with Crippen molar-refractivity contribution in [1.29, 1.82) is 0 Å². The summed E-state index contributed by atoms with van der Waals surface area (Å²) < 4.78 is 10.5. The van der Waals surface area contributed by atoms with Crippen molar-refractivity contribution < 1.29 is 9.47 Å². The van der Waals surface area contributed by atoms with E-state index in [0.29, 0.717) is 17.9 Å². The molecule has 0 aliphatic rings. The molecule has 1 heterocycles. The average Bonchev–Trinajstić information content (AvgIpc) is 2.47. The Bertz CT molecular complexity index is 571. The molecule has 20 heavy (non-hydrogen) atoms. The van der Waals surface area contributed by atoms with E-state index in [-0.39, 0.29) is 0 Å². The number of methoxy groups -OCH3 is 2. The molecule has 5 heteroatoms. The second-order valence-electron chi connectivity index (χ2n) is 4.91. The fourth-order valence-corrected chi connectivity index (χ4v) is 2.11. The number of aromatic nitrogens is 2. The zero-order chi connectivity index (χ0) is 14.6. The van der Waals surface area contributed by atoms with Gasteiger partial charge in [-0.25, -0.2) is 9.97 Å². The van der Waals surface area contributed by atoms with Crippen molar-refractivity contribution in [2.24, 2.45) is 5.73 Å². The Morgan fingerprint density at radius 2 is 1.75 bits per heavy atom. The number of nitrogens with two attached hydrogens (primary N) is 1. The maximum absolute atomic E-state index is 6.38. The van der Waals surface area contributed by atoms with Gasteiger partial charge < -0.3 is 15.2 Å². The van der Waals surface area contributed by atoms with Gasteiger partial charge in [-0.2, -0.15) is 0 Å². The Kier molecular flexibility index (Phi) is 4.20. The Balaban J connectivity index is 2.25. The molecule has 1 aromatic heterocycles. The molecule has 0 bridgehead atoms. The van der Waals surface area contributed by atoms with Crippen LogP contribution in [-0.4, -0.2) is 24.2 Å². The average molecular weight is 273 g/mol. The molecular formula is C15H19N3O2. The molecule has 2 rings (SSSR count). The monoisotopic (exact) mass is 273 g/mol. The first-order valence-corrected chi connectivity index (χ1v) is 6.32. The van der Waals surface area contributed by atoms with Crippen LogP contribution in [0.3, 0.4) is 0 Å². The molecule has 0 saturated carbocycles. The van der Waals surface area contributed by atoms with Crippen molar-refractivity contribution in [3.8, 4) is 11.5 Å². The van der Waals surface area contributed by atoms with Gasteiger partial charge in [0.25, 0.3) is 0 Å². The van der Waals surface area contributed by atoms with E-state index in [2.05, 4.69) is 9.97 Å². The van der Waals surface area contributed by atoms with Gasteiger partial charge in [0.05, 0.1) is 14.2 Å². The van der Waals surface area contributed by atoms with Gasteiger partial charge >= 0.3 is 0 Å². The molecule has 0 aliphatic heterocycles. The quantitative estimate of drug-likeness (QED) is 0.901. The number of rotatable bonds is 5. The second-order valence-corrected chi connectivity index (χ2v) is 4.91. The highest BCUT2D eigenvalue weighted by Crippen LogP contribution is 2.30. The molecular weight excluding hydrogens is 254 g/mol. The van der Waals surface area contributed by atoms with Crippen molar-refractivity contribution in [3.63, 3.8) is 0 Å². The summed E-state index contributed by atoms with van der Waals surface area (Å²) in [6.07, 6.45) is 5.64. The molecule has 2 N–H and O–H groups in total. The summed E-state index contributed by atoms with van der Waals surface area (Å²) in [5.41, 5.74) is 7.80. The maximum Gasteiger partial charge on any atom is 0.160 e. The fourth-order valence-electron chi connectivity index (χ4n) is 2.11. The lowest BCUT2D eigenvalue weighted by Gasteiger charge is -2.25. The van der Waals surface area contributed by atoms with Crippen molar-refractivity contribution in [2.75, 3.05) is 14.2 Å². The lowest BCUT2D eigenvalue weighted by atomic mass is 9.88. The minimum absolute atomic E-state index is 0.541. The van der Waals surface area contributed by atoms with Crippen LogP contribution in [0.1, 0.15) is 18.1 Å². The summed E-state index contributed by atoms with van der Waals surface area (Å²) in [7, 11) is 3.24. The molecule has 0 amide bonds. The third kappa shape index (κ3) is 3.05. The Labute approximate surface area is 118 Å². The van der Waals surface area contributed by atoms with E-state index >= 15 is 0 Å². The summed E-state index contributed by atoms with van der Waals surface area (Å²) >= 11 is 0. The van der Waals surface area contributed by atoms with E-state index in [4.69, 9.17) is 15.2 Å². The topological polar surface area (TPSA) is 70.3 Å². The van der Waals surface area contributed by atoms with E-state index < -0.39 is 5.54 Å². The maximum atomic E-state index is 6.38. The van der Waals surface area contributed by atoms with Crippen LogP contribution in [0.4, 0.5) is 0 Å². The summed E-state index contributed by atoms with van der Waals surface area (Å²) in [4.78, 5) is 8.04. The predicted molar refractivity (Wildman–Crippen MR) is 76.8 cm³/mol. The molecule has 5 nitrogen and oxygen atoms in total. The Hall–Kier alpha value is -2.14. The zero-order valence-corrected chi connectivity index (χ0v) is 12.0. The van der Waals surface area contributed by atoms with Gasteiger partial charge in [-0.1, -0.05) is 6.07 Å². The summed E-state index contributed by atoms with van der Waals surface area (Å²) in [5.74, 6) is 1.41. The Morgan fingerprint density at radius 3 is 2.35 bits per heavy atom. The molecule has 1 unspecified atom stereocenters. The highest BCUT2D eigenvalue weighted by atomic mass is 16.5. The third-order valence-electron chi connectivity index (χ3n) is 3.24. The molecule has 1 aromatic carbocycles. The van der Waals surface area contributed by atoms with Crippen LogP contribution in [0.2, 0.25) is 0 Å². The molecule has 0 fully saturated rings. The molecule has 0 radical (unpaired) electrons. The van der Waals surface area contributed by atoms with Crippen molar-refractivity contribution in [3.05, 3.63) is 48.0 Å². The normalized spacial score (nSPS) is 13.6. The van der Waals surface area contributed by atoms with Crippen LogP contribution < -0.4 is 15.2 Å². The number of hydrogen-bond acceptors (Lipinski definition) is 5. The lowest BCUT2D eigenvalue weighted by molar-refractivity contribution is 0.354. The molecule has 0 spiro atoms. The Morgan fingerprint density at radius 1 is 1.10 bits per heavy atom. The van der Waals surface area contributed by atoms with Crippen LogP contribution in [0.15, 0.2) is 36.9 Å². The van der Waals surface area contributed by atoms with Gasteiger partial charge in [-0.3, -0.25) is 0 Å². The summed E-state index contributed by atoms with van der Waals surface area (Å²) in [5, 5.41) is 0. The van der Waals surface area contributed by atoms with E-state index in [1.165, 1.54) is 6.33 Å². The van der Waals surface area contributed by atoms with E-state index in [1.807, 2.05) is 25.1 Å². The first-order chi connectivity index (χ1) is 9.56. The van der Waals surface area contributed by atoms with Crippen LogP contribution in [0.5, 0.6) is 11.5 Å². The molecule has 2 aromatic rings. The molecule has 0 aliphatic carbocycles. The number of hydrogen-bond donors (Lipinski definition) is 1. The van der Waals surface area contributed by atoms with Crippen LogP contribution in [0, 0.1) is 0 Å². The highest BCUT2D eigenvalue weighted by Gasteiger charge is 2.23. The number of nitrogens with zero attached hydrogens (tertiary/aromatic N) is 2. The predicted octanol–water partition coefficient (Wildman–Crippen LogP) is 1.91. The standard InChI is InChI=1S/C15H19N3O2/c1-15(16,12-8-17-10-18-9-12)7-11-4-5-13(19-2)14(6-11)20-3/h4-6,8-10H,7,16H2,1-3H3. The zero-order valence-electron chi connectivity index (χ0n) is 12.0. The van der Waals surface area contributed by atoms with Crippen LogP contribution in [0.25, 0.3) is 0 Å². The third-order valence-corrected chi connectivity index (χ3v) is 3.24.